The van der Waals surface area contributed by atoms with Crippen LogP contribution >= 0.6 is 0 Å². The number of nitrogens with zero attached hydrogens (tertiary/aromatic N) is 3. The predicted octanol–water partition coefficient (Wildman–Crippen LogP) is 1.97. The third-order valence-corrected chi connectivity index (χ3v) is 2.85. The predicted molar refractivity (Wildman–Crippen MR) is 57.7 cm³/mol. The molecule has 0 saturated carbocycles. The molecule has 1 unspecified atom stereocenters. The normalized spacial score (nSPS) is 21.7. The summed E-state index contributed by atoms with van der Waals surface area (Å²) in [5, 5.41) is 0. The average Bonchev–Trinajstić information content (AvgIpc) is 2.29. The second kappa shape index (κ2) is 4.55. The standard InChI is InChI=1S/C11H16FN3/c1-9-5-11(14-8-13-9)15-4-2-3-10(6-12)7-15/h5,8,10H,2-4,6-7H2,1H3. The first-order valence-corrected chi connectivity index (χ1v) is 5.39. The van der Waals surface area contributed by atoms with E-state index in [1.807, 2.05) is 13.0 Å². The van der Waals surface area contributed by atoms with E-state index in [0.717, 1.165) is 37.4 Å². The summed E-state index contributed by atoms with van der Waals surface area (Å²) < 4.78 is 12.6. The summed E-state index contributed by atoms with van der Waals surface area (Å²) in [5.41, 5.74) is 0.961. The van der Waals surface area contributed by atoms with Crippen molar-refractivity contribution in [1.29, 1.82) is 0 Å². The van der Waals surface area contributed by atoms with Gasteiger partial charge in [-0.05, 0) is 19.8 Å². The maximum Gasteiger partial charge on any atom is 0.132 e. The third kappa shape index (κ3) is 2.43. The monoisotopic (exact) mass is 209 g/mol. The number of hydrogen-bond acceptors (Lipinski definition) is 3. The van der Waals surface area contributed by atoms with Crippen LogP contribution in [0, 0.1) is 12.8 Å². The Bertz CT molecular complexity index is 329. The molecule has 2 heterocycles. The van der Waals surface area contributed by atoms with E-state index >= 15 is 0 Å². The van der Waals surface area contributed by atoms with E-state index in [0.29, 0.717) is 0 Å². The Kier molecular flexibility index (Phi) is 3.14. The van der Waals surface area contributed by atoms with Crippen molar-refractivity contribution in [3.8, 4) is 0 Å². The number of halogens is 1. The summed E-state index contributed by atoms with van der Waals surface area (Å²) >= 11 is 0. The molecule has 3 nitrogen and oxygen atoms in total. The number of rotatable bonds is 2. The summed E-state index contributed by atoms with van der Waals surface area (Å²) in [6.07, 6.45) is 3.62. The summed E-state index contributed by atoms with van der Waals surface area (Å²) in [6, 6.07) is 1.96. The molecule has 0 amide bonds. The molecule has 1 aliphatic rings. The number of anilines is 1. The molecule has 82 valence electrons. The van der Waals surface area contributed by atoms with Gasteiger partial charge in [0.25, 0.3) is 0 Å². The minimum atomic E-state index is -0.222. The van der Waals surface area contributed by atoms with Gasteiger partial charge in [-0.2, -0.15) is 0 Å². The topological polar surface area (TPSA) is 29.0 Å². The summed E-state index contributed by atoms with van der Waals surface area (Å²) in [7, 11) is 0. The Morgan fingerprint density at radius 2 is 2.40 bits per heavy atom. The Hall–Kier alpha value is -1.19. The van der Waals surface area contributed by atoms with Gasteiger partial charge in [0.05, 0.1) is 6.67 Å². The lowest BCUT2D eigenvalue weighted by Gasteiger charge is -2.32. The Morgan fingerprint density at radius 3 is 3.13 bits per heavy atom. The number of alkyl halides is 1. The molecular weight excluding hydrogens is 193 g/mol. The summed E-state index contributed by atoms with van der Waals surface area (Å²) in [6.45, 7) is 3.49. The fourth-order valence-electron chi connectivity index (χ4n) is 2.01. The first kappa shape index (κ1) is 10.3. The van der Waals surface area contributed by atoms with Crippen LogP contribution in [0.2, 0.25) is 0 Å². The molecule has 0 bridgehead atoms. The van der Waals surface area contributed by atoms with Crippen molar-refractivity contribution in [2.24, 2.45) is 5.92 Å². The molecule has 0 radical (unpaired) electrons. The summed E-state index contributed by atoms with van der Waals surface area (Å²) in [4.78, 5) is 10.4. The number of aryl methyl sites for hydroxylation is 1. The van der Waals surface area contributed by atoms with Crippen molar-refractivity contribution >= 4 is 5.82 Å². The zero-order valence-corrected chi connectivity index (χ0v) is 8.99. The highest BCUT2D eigenvalue weighted by atomic mass is 19.1. The number of piperidine rings is 1. The number of aromatic nitrogens is 2. The van der Waals surface area contributed by atoms with Crippen molar-refractivity contribution in [3.63, 3.8) is 0 Å². The molecule has 1 atom stereocenters. The molecule has 1 aromatic rings. The first-order valence-electron chi connectivity index (χ1n) is 5.39. The van der Waals surface area contributed by atoms with Gasteiger partial charge in [-0.3, -0.25) is 4.39 Å². The van der Waals surface area contributed by atoms with E-state index in [4.69, 9.17) is 0 Å². The first-order chi connectivity index (χ1) is 7.29. The fourth-order valence-corrected chi connectivity index (χ4v) is 2.01. The Morgan fingerprint density at radius 1 is 1.53 bits per heavy atom. The zero-order chi connectivity index (χ0) is 10.7. The zero-order valence-electron chi connectivity index (χ0n) is 8.99. The van der Waals surface area contributed by atoms with Crippen LogP contribution in [0.3, 0.4) is 0 Å². The van der Waals surface area contributed by atoms with E-state index < -0.39 is 0 Å². The third-order valence-electron chi connectivity index (χ3n) is 2.85. The molecule has 1 saturated heterocycles. The lowest BCUT2D eigenvalue weighted by atomic mass is 9.99. The van der Waals surface area contributed by atoms with Gasteiger partial charge in [-0.1, -0.05) is 0 Å². The Labute approximate surface area is 89.3 Å². The molecule has 0 N–H and O–H groups in total. The molecule has 0 aliphatic carbocycles. The van der Waals surface area contributed by atoms with Gasteiger partial charge in [0.15, 0.2) is 0 Å². The second-order valence-corrected chi connectivity index (χ2v) is 4.13. The van der Waals surface area contributed by atoms with Crippen LogP contribution in [-0.2, 0) is 0 Å². The van der Waals surface area contributed by atoms with Crippen molar-refractivity contribution in [1.82, 2.24) is 9.97 Å². The molecule has 15 heavy (non-hydrogen) atoms. The van der Waals surface area contributed by atoms with Crippen molar-refractivity contribution in [2.45, 2.75) is 19.8 Å². The average molecular weight is 209 g/mol. The van der Waals surface area contributed by atoms with Crippen molar-refractivity contribution in [3.05, 3.63) is 18.1 Å². The lowest BCUT2D eigenvalue weighted by molar-refractivity contribution is 0.315. The molecule has 1 fully saturated rings. The second-order valence-electron chi connectivity index (χ2n) is 4.13. The molecule has 1 aliphatic heterocycles. The molecular formula is C11H16FN3. The van der Waals surface area contributed by atoms with Crippen LogP contribution in [0.15, 0.2) is 12.4 Å². The number of hydrogen-bond donors (Lipinski definition) is 0. The van der Waals surface area contributed by atoms with E-state index in [9.17, 15) is 4.39 Å². The minimum absolute atomic E-state index is 0.175. The maximum absolute atomic E-state index is 12.6. The SMILES string of the molecule is Cc1cc(N2CCCC(CF)C2)ncn1. The molecule has 1 aromatic heterocycles. The van der Waals surface area contributed by atoms with E-state index in [-0.39, 0.29) is 12.6 Å². The van der Waals surface area contributed by atoms with Crippen LogP contribution in [0.25, 0.3) is 0 Å². The highest BCUT2D eigenvalue weighted by Crippen LogP contribution is 2.21. The van der Waals surface area contributed by atoms with Crippen LogP contribution in [-0.4, -0.2) is 29.7 Å². The van der Waals surface area contributed by atoms with Crippen LogP contribution in [0.5, 0.6) is 0 Å². The molecule has 0 aromatic carbocycles. The van der Waals surface area contributed by atoms with Gasteiger partial charge in [-0.15, -0.1) is 0 Å². The highest BCUT2D eigenvalue weighted by Gasteiger charge is 2.20. The van der Waals surface area contributed by atoms with E-state index in [1.165, 1.54) is 0 Å². The largest absolute Gasteiger partial charge is 0.356 e. The van der Waals surface area contributed by atoms with Crippen LogP contribution in [0.1, 0.15) is 18.5 Å². The Balaban J connectivity index is 2.09. The highest BCUT2D eigenvalue weighted by molar-refractivity contribution is 5.39. The van der Waals surface area contributed by atoms with Gasteiger partial charge < -0.3 is 4.90 Å². The van der Waals surface area contributed by atoms with Crippen LogP contribution < -0.4 is 4.90 Å². The van der Waals surface area contributed by atoms with Crippen molar-refractivity contribution < 1.29 is 4.39 Å². The van der Waals surface area contributed by atoms with Gasteiger partial charge >= 0.3 is 0 Å². The van der Waals surface area contributed by atoms with Gasteiger partial charge in [-0.25, -0.2) is 9.97 Å². The molecule has 0 spiro atoms. The quantitative estimate of drug-likeness (QED) is 0.745. The summed E-state index contributed by atoms with van der Waals surface area (Å²) in [5.74, 6) is 1.11. The molecule has 4 heteroatoms. The lowest BCUT2D eigenvalue weighted by Crippen LogP contribution is -2.36. The van der Waals surface area contributed by atoms with Gasteiger partial charge in [0, 0.05) is 30.8 Å². The van der Waals surface area contributed by atoms with Crippen molar-refractivity contribution in [2.75, 3.05) is 24.7 Å². The smallest absolute Gasteiger partial charge is 0.132 e. The minimum Gasteiger partial charge on any atom is -0.356 e. The van der Waals surface area contributed by atoms with Gasteiger partial charge in [0.1, 0.15) is 12.1 Å². The maximum atomic E-state index is 12.6. The molecule has 2 rings (SSSR count). The van der Waals surface area contributed by atoms with Gasteiger partial charge in [0.2, 0.25) is 0 Å². The van der Waals surface area contributed by atoms with E-state index in [2.05, 4.69) is 14.9 Å². The van der Waals surface area contributed by atoms with E-state index in [1.54, 1.807) is 6.33 Å². The van der Waals surface area contributed by atoms with Crippen LogP contribution in [0.4, 0.5) is 10.2 Å². The fraction of sp³-hybridized carbons (Fsp3) is 0.636.